The first-order valence-corrected chi connectivity index (χ1v) is 6.22. The van der Waals surface area contributed by atoms with Gasteiger partial charge in [0.05, 0.1) is 0 Å². The largest absolute Gasteiger partial charge is 0.353 e. The summed E-state index contributed by atoms with van der Waals surface area (Å²) in [6.45, 7) is 6.24. The van der Waals surface area contributed by atoms with E-state index < -0.39 is 0 Å². The number of amides is 1. The molecule has 0 aromatic rings. The summed E-state index contributed by atoms with van der Waals surface area (Å²) in [5, 5.41) is 3.08. The van der Waals surface area contributed by atoms with E-state index in [1.807, 2.05) is 13.8 Å². The van der Waals surface area contributed by atoms with Crippen LogP contribution in [0.2, 0.25) is 0 Å². The lowest BCUT2D eigenvalue weighted by Crippen LogP contribution is -2.45. The molecule has 16 heavy (non-hydrogen) atoms. The molecule has 1 unspecified atom stereocenters. The molecule has 1 fully saturated rings. The maximum atomic E-state index is 11.7. The Bertz CT molecular complexity index is 222. The van der Waals surface area contributed by atoms with E-state index in [2.05, 4.69) is 17.3 Å². The van der Waals surface area contributed by atoms with Crippen molar-refractivity contribution in [3.05, 3.63) is 0 Å². The van der Waals surface area contributed by atoms with E-state index in [0.717, 1.165) is 25.9 Å². The Morgan fingerprint density at radius 2 is 2.00 bits per heavy atom. The van der Waals surface area contributed by atoms with E-state index in [1.54, 1.807) is 0 Å². The maximum Gasteiger partial charge on any atom is 0.221 e. The molecule has 94 valence electrons. The van der Waals surface area contributed by atoms with Gasteiger partial charge < -0.3 is 16.0 Å². The monoisotopic (exact) mass is 227 g/mol. The number of nitrogens with two attached hydrogens (primary N) is 1. The standard InChI is InChI=1S/C12H25N3O/c1-9(2)11(13)8-12(16)14-10-4-6-15(3)7-5-10/h9-11H,4-8,13H2,1-3H3,(H,14,16). The fourth-order valence-electron chi connectivity index (χ4n) is 1.89. The van der Waals surface area contributed by atoms with Crippen molar-refractivity contribution in [2.75, 3.05) is 20.1 Å². The Hall–Kier alpha value is -0.610. The predicted octanol–water partition coefficient (Wildman–Crippen LogP) is 0.570. The third kappa shape index (κ3) is 4.49. The van der Waals surface area contributed by atoms with Crippen molar-refractivity contribution in [1.29, 1.82) is 0 Å². The van der Waals surface area contributed by atoms with Crippen molar-refractivity contribution < 1.29 is 4.79 Å². The van der Waals surface area contributed by atoms with Gasteiger partial charge in [-0.3, -0.25) is 4.79 Å². The first-order chi connectivity index (χ1) is 7.49. The molecule has 1 heterocycles. The van der Waals surface area contributed by atoms with Crippen LogP contribution in [0.4, 0.5) is 0 Å². The molecular weight excluding hydrogens is 202 g/mol. The second-order valence-corrected chi connectivity index (χ2v) is 5.26. The molecule has 1 rings (SSSR count). The van der Waals surface area contributed by atoms with Crippen LogP contribution in [0, 0.1) is 5.92 Å². The van der Waals surface area contributed by atoms with Crippen LogP contribution in [-0.2, 0) is 4.79 Å². The average Bonchev–Trinajstić information content (AvgIpc) is 2.21. The fourth-order valence-corrected chi connectivity index (χ4v) is 1.89. The summed E-state index contributed by atoms with van der Waals surface area (Å²) in [5.41, 5.74) is 5.88. The highest BCUT2D eigenvalue weighted by Gasteiger charge is 2.20. The van der Waals surface area contributed by atoms with Crippen LogP contribution < -0.4 is 11.1 Å². The van der Waals surface area contributed by atoms with Gasteiger partial charge in [0.15, 0.2) is 0 Å². The summed E-state index contributed by atoms with van der Waals surface area (Å²) >= 11 is 0. The van der Waals surface area contributed by atoms with Gasteiger partial charge in [0.25, 0.3) is 0 Å². The van der Waals surface area contributed by atoms with Gasteiger partial charge in [0.1, 0.15) is 0 Å². The molecule has 1 atom stereocenters. The number of piperidine rings is 1. The topological polar surface area (TPSA) is 58.4 Å². The van der Waals surface area contributed by atoms with Gasteiger partial charge >= 0.3 is 0 Å². The number of carbonyl (C=O) groups excluding carboxylic acids is 1. The lowest BCUT2D eigenvalue weighted by Gasteiger charge is -2.29. The van der Waals surface area contributed by atoms with Crippen molar-refractivity contribution >= 4 is 5.91 Å². The van der Waals surface area contributed by atoms with Crippen LogP contribution in [0.1, 0.15) is 33.1 Å². The summed E-state index contributed by atoms with van der Waals surface area (Å²) in [5.74, 6) is 0.471. The van der Waals surface area contributed by atoms with Gasteiger partial charge in [0.2, 0.25) is 5.91 Å². The Morgan fingerprint density at radius 3 is 2.50 bits per heavy atom. The third-order valence-electron chi connectivity index (χ3n) is 3.36. The van der Waals surface area contributed by atoms with Crippen LogP contribution in [0.25, 0.3) is 0 Å². The van der Waals surface area contributed by atoms with Crippen molar-refractivity contribution in [2.45, 2.75) is 45.2 Å². The van der Waals surface area contributed by atoms with Gasteiger partial charge in [-0.1, -0.05) is 13.8 Å². The number of hydrogen-bond acceptors (Lipinski definition) is 3. The molecule has 0 saturated carbocycles. The van der Waals surface area contributed by atoms with Gasteiger partial charge in [0, 0.05) is 18.5 Å². The second-order valence-electron chi connectivity index (χ2n) is 5.26. The Kier molecular flexibility index (Phi) is 5.22. The van der Waals surface area contributed by atoms with Gasteiger partial charge in [-0.25, -0.2) is 0 Å². The van der Waals surface area contributed by atoms with Crippen LogP contribution in [0.3, 0.4) is 0 Å². The molecule has 1 aliphatic rings. The quantitative estimate of drug-likeness (QED) is 0.738. The van der Waals surface area contributed by atoms with Crippen molar-refractivity contribution in [2.24, 2.45) is 11.7 Å². The first kappa shape index (κ1) is 13.5. The molecule has 1 aliphatic heterocycles. The highest BCUT2D eigenvalue weighted by Crippen LogP contribution is 2.09. The molecule has 0 spiro atoms. The molecule has 0 radical (unpaired) electrons. The van der Waals surface area contributed by atoms with Crippen molar-refractivity contribution in [3.63, 3.8) is 0 Å². The smallest absolute Gasteiger partial charge is 0.221 e. The Balaban J connectivity index is 2.24. The minimum absolute atomic E-state index is 0.0220. The lowest BCUT2D eigenvalue weighted by molar-refractivity contribution is -0.122. The van der Waals surface area contributed by atoms with Crippen LogP contribution in [0.15, 0.2) is 0 Å². The molecule has 0 aliphatic carbocycles. The van der Waals surface area contributed by atoms with Crippen molar-refractivity contribution in [1.82, 2.24) is 10.2 Å². The zero-order valence-corrected chi connectivity index (χ0v) is 10.7. The molecule has 4 heteroatoms. The van der Waals surface area contributed by atoms with E-state index >= 15 is 0 Å². The summed E-state index contributed by atoms with van der Waals surface area (Å²) in [6, 6.07) is 0.328. The predicted molar refractivity (Wildman–Crippen MR) is 66.1 cm³/mol. The van der Waals surface area contributed by atoms with E-state index in [0.29, 0.717) is 18.4 Å². The highest BCUT2D eigenvalue weighted by molar-refractivity contribution is 5.76. The van der Waals surface area contributed by atoms with E-state index in [9.17, 15) is 4.79 Å². The van der Waals surface area contributed by atoms with Crippen molar-refractivity contribution in [3.8, 4) is 0 Å². The Morgan fingerprint density at radius 1 is 1.44 bits per heavy atom. The molecule has 4 nitrogen and oxygen atoms in total. The summed E-state index contributed by atoms with van der Waals surface area (Å²) in [7, 11) is 2.12. The highest BCUT2D eigenvalue weighted by atomic mass is 16.1. The third-order valence-corrected chi connectivity index (χ3v) is 3.36. The lowest BCUT2D eigenvalue weighted by atomic mass is 10.0. The zero-order valence-electron chi connectivity index (χ0n) is 10.7. The molecule has 1 amide bonds. The molecule has 0 bridgehead atoms. The van der Waals surface area contributed by atoms with E-state index in [4.69, 9.17) is 5.73 Å². The Labute approximate surface area is 98.6 Å². The second kappa shape index (κ2) is 6.21. The molecule has 0 aromatic carbocycles. The number of nitrogens with zero attached hydrogens (tertiary/aromatic N) is 1. The van der Waals surface area contributed by atoms with Crippen LogP contribution >= 0.6 is 0 Å². The molecular formula is C12H25N3O. The molecule has 1 saturated heterocycles. The van der Waals surface area contributed by atoms with Crippen LogP contribution in [0.5, 0.6) is 0 Å². The van der Waals surface area contributed by atoms with Gasteiger partial charge in [-0.15, -0.1) is 0 Å². The number of hydrogen-bond donors (Lipinski definition) is 2. The van der Waals surface area contributed by atoms with E-state index in [1.165, 1.54) is 0 Å². The van der Waals surface area contributed by atoms with Crippen LogP contribution in [-0.4, -0.2) is 43.0 Å². The first-order valence-electron chi connectivity index (χ1n) is 6.22. The van der Waals surface area contributed by atoms with Gasteiger partial charge in [-0.2, -0.15) is 0 Å². The SMILES string of the molecule is CC(C)C(N)CC(=O)NC1CCN(C)CC1. The molecule has 3 N–H and O–H groups in total. The average molecular weight is 227 g/mol. The summed E-state index contributed by atoms with van der Waals surface area (Å²) < 4.78 is 0. The minimum Gasteiger partial charge on any atom is -0.353 e. The number of rotatable bonds is 4. The number of nitrogens with one attached hydrogen (secondary N) is 1. The van der Waals surface area contributed by atoms with Gasteiger partial charge in [-0.05, 0) is 38.9 Å². The fraction of sp³-hybridized carbons (Fsp3) is 0.917. The van der Waals surface area contributed by atoms with E-state index in [-0.39, 0.29) is 11.9 Å². The normalized spacial score (nSPS) is 21.1. The minimum atomic E-state index is -0.0220. The maximum absolute atomic E-state index is 11.7. The summed E-state index contributed by atoms with van der Waals surface area (Å²) in [4.78, 5) is 14.0. The zero-order chi connectivity index (χ0) is 12.1. The summed E-state index contributed by atoms with van der Waals surface area (Å²) in [6.07, 6.45) is 2.56. The molecule has 0 aromatic heterocycles. The number of carbonyl (C=O) groups is 1. The number of likely N-dealkylation sites (tertiary alicyclic amines) is 1.